The van der Waals surface area contributed by atoms with Crippen molar-refractivity contribution in [2.45, 2.75) is 32.2 Å². The molecular formula is C21H17ClF5N3O2. The molecule has 2 aromatic carbocycles. The Morgan fingerprint density at radius 1 is 1.19 bits per heavy atom. The highest BCUT2D eigenvalue weighted by Gasteiger charge is 2.35. The molecule has 0 bridgehead atoms. The number of amides is 1. The number of aromatic nitrogens is 2. The van der Waals surface area contributed by atoms with E-state index < -0.39 is 47.5 Å². The van der Waals surface area contributed by atoms with Gasteiger partial charge >= 0.3 is 6.18 Å². The Bertz CT molecular complexity index is 1120. The molecule has 3 aromatic rings. The molecule has 0 saturated heterocycles. The van der Waals surface area contributed by atoms with Gasteiger partial charge < -0.3 is 10.4 Å². The van der Waals surface area contributed by atoms with E-state index in [1.54, 1.807) is 6.07 Å². The summed E-state index contributed by atoms with van der Waals surface area (Å²) >= 11 is 5.92. The van der Waals surface area contributed by atoms with E-state index in [-0.39, 0.29) is 28.5 Å². The highest BCUT2D eigenvalue weighted by molar-refractivity contribution is 6.30. The lowest BCUT2D eigenvalue weighted by Crippen LogP contribution is -2.28. The number of aliphatic hydroxyl groups excluding tert-OH is 1. The van der Waals surface area contributed by atoms with Gasteiger partial charge in [-0.25, -0.2) is 13.5 Å². The number of nitrogens with one attached hydrogen (secondary N) is 1. The zero-order valence-electron chi connectivity index (χ0n) is 16.6. The Morgan fingerprint density at radius 3 is 2.41 bits per heavy atom. The summed E-state index contributed by atoms with van der Waals surface area (Å²) in [4.78, 5) is 12.5. The predicted octanol–water partition coefficient (Wildman–Crippen LogP) is 4.73. The average molecular weight is 474 g/mol. The van der Waals surface area contributed by atoms with Crippen LogP contribution in [0.25, 0.3) is 5.69 Å². The van der Waals surface area contributed by atoms with E-state index in [0.717, 1.165) is 22.9 Å². The summed E-state index contributed by atoms with van der Waals surface area (Å²) in [7, 11) is 0. The van der Waals surface area contributed by atoms with Crippen molar-refractivity contribution in [3.8, 4) is 5.69 Å². The van der Waals surface area contributed by atoms with E-state index in [1.165, 1.54) is 25.1 Å². The van der Waals surface area contributed by atoms with Crippen molar-refractivity contribution in [1.82, 2.24) is 15.1 Å². The normalized spacial score (nSPS) is 12.6. The maximum Gasteiger partial charge on any atom is 0.435 e. The molecule has 0 radical (unpaired) electrons. The van der Waals surface area contributed by atoms with Crippen LogP contribution in [0.3, 0.4) is 0 Å². The molecule has 1 unspecified atom stereocenters. The molecule has 1 aromatic heterocycles. The van der Waals surface area contributed by atoms with Crippen LogP contribution in [0.2, 0.25) is 5.02 Å². The number of rotatable bonds is 6. The smallest absolute Gasteiger partial charge is 0.391 e. The van der Waals surface area contributed by atoms with Gasteiger partial charge in [-0.15, -0.1) is 0 Å². The van der Waals surface area contributed by atoms with E-state index in [2.05, 4.69) is 10.4 Å². The molecule has 1 heterocycles. The van der Waals surface area contributed by atoms with Gasteiger partial charge in [-0.1, -0.05) is 17.7 Å². The fraction of sp³-hybridized carbons (Fsp3) is 0.238. The van der Waals surface area contributed by atoms with Crippen molar-refractivity contribution in [1.29, 1.82) is 0 Å². The van der Waals surface area contributed by atoms with Crippen molar-refractivity contribution >= 4 is 17.5 Å². The second kappa shape index (κ2) is 9.25. The lowest BCUT2D eigenvalue weighted by Gasteiger charge is -2.15. The summed E-state index contributed by atoms with van der Waals surface area (Å²) < 4.78 is 68.4. The fourth-order valence-corrected chi connectivity index (χ4v) is 3.21. The van der Waals surface area contributed by atoms with Gasteiger partial charge in [0, 0.05) is 10.6 Å². The number of hydrogen-bond acceptors (Lipinski definition) is 3. The summed E-state index contributed by atoms with van der Waals surface area (Å²) in [6.07, 6.45) is -4.71. The molecule has 0 aliphatic carbocycles. The summed E-state index contributed by atoms with van der Waals surface area (Å²) in [6.45, 7) is 0.212. The zero-order valence-corrected chi connectivity index (χ0v) is 17.3. The highest BCUT2D eigenvalue weighted by Crippen LogP contribution is 2.30. The van der Waals surface area contributed by atoms with E-state index in [4.69, 9.17) is 16.7 Å². The van der Waals surface area contributed by atoms with Crippen LogP contribution in [0.5, 0.6) is 0 Å². The predicted molar refractivity (Wildman–Crippen MR) is 106 cm³/mol. The van der Waals surface area contributed by atoms with Gasteiger partial charge in [0.25, 0.3) is 0 Å². The maximum atomic E-state index is 13.9. The SMILES string of the molecule is CC(C(=O)NCc1cc(C(F)(F)F)nn1-c1cccc(Cl)c1)c1cc(F)c(CO)c(F)c1. The molecule has 32 heavy (non-hydrogen) atoms. The topological polar surface area (TPSA) is 67.2 Å². The third-order valence-electron chi connectivity index (χ3n) is 4.78. The second-order valence-electron chi connectivity index (χ2n) is 6.97. The maximum absolute atomic E-state index is 13.9. The Hall–Kier alpha value is -2.98. The number of alkyl halides is 3. The number of halogens is 6. The van der Waals surface area contributed by atoms with Gasteiger partial charge in [0.05, 0.1) is 30.5 Å². The number of nitrogens with zero attached hydrogens (tertiary/aromatic N) is 2. The van der Waals surface area contributed by atoms with Crippen molar-refractivity contribution < 1.29 is 31.9 Å². The van der Waals surface area contributed by atoms with Crippen LogP contribution in [0.4, 0.5) is 22.0 Å². The summed E-state index contributed by atoms with van der Waals surface area (Å²) in [5, 5.41) is 15.3. The molecule has 1 amide bonds. The molecule has 1 atom stereocenters. The molecule has 5 nitrogen and oxygen atoms in total. The standard InChI is InChI=1S/C21H17ClF5N3O2/c1-11(12-5-17(23)16(10-31)18(24)6-12)20(32)28-9-15-8-19(21(25,26)27)29-30(15)14-4-2-3-13(22)7-14/h2-8,11,31H,9-10H2,1H3,(H,28,32). The lowest BCUT2D eigenvalue weighted by molar-refractivity contribution is -0.141. The van der Waals surface area contributed by atoms with Gasteiger partial charge in [0.15, 0.2) is 5.69 Å². The molecule has 3 rings (SSSR count). The third-order valence-corrected chi connectivity index (χ3v) is 5.02. The van der Waals surface area contributed by atoms with Crippen molar-refractivity contribution in [3.63, 3.8) is 0 Å². The Balaban J connectivity index is 1.84. The molecular weight excluding hydrogens is 457 g/mol. The molecule has 2 N–H and O–H groups in total. The number of hydrogen-bond donors (Lipinski definition) is 2. The third kappa shape index (κ3) is 5.08. The van der Waals surface area contributed by atoms with Crippen LogP contribution in [0, 0.1) is 11.6 Å². The summed E-state index contributed by atoms with van der Waals surface area (Å²) in [5.74, 6) is -3.70. The highest BCUT2D eigenvalue weighted by atomic mass is 35.5. The summed E-state index contributed by atoms with van der Waals surface area (Å²) in [5.41, 5.74) is -1.39. The minimum Gasteiger partial charge on any atom is -0.391 e. The fourth-order valence-electron chi connectivity index (χ4n) is 3.02. The first kappa shape index (κ1) is 23.7. The van der Waals surface area contributed by atoms with Gasteiger partial charge in [-0.05, 0) is 48.9 Å². The molecule has 11 heteroatoms. The van der Waals surface area contributed by atoms with Crippen LogP contribution in [0.1, 0.15) is 35.4 Å². The van der Waals surface area contributed by atoms with E-state index in [9.17, 15) is 26.7 Å². The van der Waals surface area contributed by atoms with Gasteiger partial charge in [0.2, 0.25) is 5.91 Å². The van der Waals surface area contributed by atoms with Crippen LogP contribution >= 0.6 is 11.6 Å². The summed E-state index contributed by atoms with van der Waals surface area (Å²) in [6, 6.07) is 8.64. The molecule has 0 aliphatic rings. The van der Waals surface area contributed by atoms with Gasteiger partial charge in [-0.2, -0.15) is 18.3 Å². The lowest BCUT2D eigenvalue weighted by atomic mass is 9.98. The van der Waals surface area contributed by atoms with Crippen molar-refractivity contribution in [3.05, 3.63) is 81.6 Å². The quantitative estimate of drug-likeness (QED) is 0.508. The Morgan fingerprint density at radius 2 is 1.84 bits per heavy atom. The number of carbonyl (C=O) groups is 1. The van der Waals surface area contributed by atoms with Crippen LogP contribution in [-0.2, 0) is 24.1 Å². The Labute approximate surface area is 184 Å². The molecule has 0 fully saturated rings. The zero-order chi connectivity index (χ0) is 23.6. The first-order chi connectivity index (χ1) is 15.0. The van der Waals surface area contributed by atoms with Crippen LogP contribution in [0.15, 0.2) is 42.5 Å². The largest absolute Gasteiger partial charge is 0.435 e. The molecule has 170 valence electrons. The first-order valence-electron chi connectivity index (χ1n) is 9.29. The van der Waals surface area contributed by atoms with Gasteiger partial charge in [0.1, 0.15) is 11.6 Å². The second-order valence-corrected chi connectivity index (χ2v) is 7.41. The monoisotopic (exact) mass is 473 g/mol. The van der Waals surface area contributed by atoms with Crippen molar-refractivity contribution in [2.75, 3.05) is 0 Å². The van der Waals surface area contributed by atoms with Gasteiger partial charge in [-0.3, -0.25) is 4.79 Å². The van der Waals surface area contributed by atoms with E-state index >= 15 is 0 Å². The van der Waals surface area contributed by atoms with E-state index in [0.29, 0.717) is 0 Å². The Kier molecular flexibility index (Phi) is 6.85. The number of aliphatic hydroxyl groups is 1. The van der Waals surface area contributed by atoms with Crippen LogP contribution in [-0.4, -0.2) is 20.8 Å². The van der Waals surface area contributed by atoms with E-state index in [1.807, 2.05) is 0 Å². The van der Waals surface area contributed by atoms with Crippen LogP contribution < -0.4 is 5.32 Å². The number of carbonyl (C=O) groups excluding carboxylic acids is 1. The minimum atomic E-state index is -4.71. The first-order valence-corrected chi connectivity index (χ1v) is 9.67. The molecule has 0 saturated carbocycles. The van der Waals surface area contributed by atoms with Crippen molar-refractivity contribution in [2.24, 2.45) is 0 Å². The molecule has 0 spiro atoms. The average Bonchev–Trinajstić information content (AvgIpc) is 3.16. The number of benzene rings is 2. The minimum absolute atomic E-state index is 0.00836. The molecule has 0 aliphatic heterocycles.